The summed E-state index contributed by atoms with van der Waals surface area (Å²) < 4.78 is 15.9. The second-order valence-corrected chi connectivity index (χ2v) is 5.60. The third-order valence-electron chi connectivity index (χ3n) is 3.63. The second kappa shape index (κ2) is 16.0. The number of rotatable bonds is 12. The minimum atomic E-state index is 0. The van der Waals surface area contributed by atoms with Gasteiger partial charge in [-0.15, -0.1) is 24.0 Å². The lowest BCUT2D eigenvalue weighted by molar-refractivity contribution is 0.161. The van der Waals surface area contributed by atoms with Gasteiger partial charge in [0.25, 0.3) is 0 Å². The molecule has 1 rings (SSSR count). The van der Waals surface area contributed by atoms with Gasteiger partial charge in [-0.3, -0.25) is 4.99 Å². The van der Waals surface area contributed by atoms with Gasteiger partial charge in [-0.25, -0.2) is 0 Å². The predicted octanol–water partition coefficient (Wildman–Crippen LogP) is 1.83. The fraction of sp³-hybridized carbons (Fsp3) is 0.611. The first-order valence-electron chi connectivity index (χ1n) is 8.58. The lowest BCUT2D eigenvalue weighted by atomic mass is 10.3. The van der Waals surface area contributed by atoms with E-state index in [9.17, 15) is 0 Å². The van der Waals surface area contributed by atoms with Crippen molar-refractivity contribution in [2.75, 3.05) is 67.7 Å². The summed E-state index contributed by atoms with van der Waals surface area (Å²) >= 11 is 0. The molecule has 0 aliphatic carbocycles. The summed E-state index contributed by atoms with van der Waals surface area (Å²) in [4.78, 5) is 6.46. The maximum atomic E-state index is 5.68. The molecule has 0 spiro atoms. The maximum Gasteiger partial charge on any atom is 0.191 e. The number of methoxy groups -OCH3 is 2. The van der Waals surface area contributed by atoms with Gasteiger partial charge in [0.2, 0.25) is 0 Å². The molecular formula is C18H33IN4O3. The zero-order valence-electron chi connectivity index (χ0n) is 16.3. The van der Waals surface area contributed by atoms with Crippen molar-refractivity contribution in [3.63, 3.8) is 0 Å². The lowest BCUT2D eigenvalue weighted by Gasteiger charge is -2.17. The Kier molecular flexibility index (Phi) is 15.2. The number of hydrogen-bond acceptors (Lipinski definition) is 5. The van der Waals surface area contributed by atoms with E-state index in [-0.39, 0.29) is 24.0 Å². The maximum absolute atomic E-state index is 5.68. The Hall–Kier alpha value is -1.26. The van der Waals surface area contributed by atoms with Gasteiger partial charge in [0.1, 0.15) is 18.1 Å². The number of hydrogen-bond donors (Lipinski definition) is 2. The SMILES string of the molecule is CN=C(NCCCN(C)CCOC)NCCOc1ccc(OC)cc1.I. The fourth-order valence-corrected chi connectivity index (χ4v) is 2.15. The highest BCUT2D eigenvalue weighted by Gasteiger charge is 2.00. The van der Waals surface area contributed by atoms with E-state index in [0.717, 1.165) is 50.1 Å². The topological polar surface area (TPSA) is 67.4 Å². The smallest absolute Gasteiger partial charge is 0.191 e. The van der Waals surface area contributed by atoms with Crippen LogP contribution in [0.4, 0.5) is 0 Å². The van der Waals surface area contributed by atoms with Gasteiger partial charge in [-0.1, -0.05) is 0 Å². The molecule has 8 heteroatoms. The molecule has 0 aliphatic heterocycles. The molecule has 0 bridgehead atoms. The fourth-order valence-electron chi connectivity index (χ4n) is 2.15. The second-order valence-electron chi connectivity index (χ2n) is 5.60. The molecule has 2 N–H and O–H groups in total. The van der Waals surface area contributed by atoms with Gasteiger partial charge < -0.3 is 29.7 Å². The zero-order chi connectivity index (χ0) is 18.3. The number of likely N-dealkylation sites (N-methyl/N-ethyl adjacent to an activating group) is 1. The summed E-state index contributed by atoms with van der Waals surface area (Å²) in [6.07, 6.45) is 1.04. The van der Waals surface area contributed by atoms with Crippen LogP contribution in [-0.4, -0.2) is 78.6 Å². The van der Waals surface area contributed by atoms with Gasteiger partial charge >= 0.3 is 0 Å². The molecule has 0 saturated carbocycles. The highest BCUT2D eigenvalue weighted by molar-refractivity contribution is 14.0. The summed E-state index contributed by atoms with van der Waals surface area (Å²) in [7, 11) is 7.24. The highest BCUT2D eigenvalue weighted by Crippen LogP contribution is 2.16. The molecule has 26 heavy (non-hydrogen) atoms. The van der Waals surface area contributed by atoms with Gasteiger partial charge in [-0.2, -0.15) is 0 Å². The van der Waals surface area contributed by atoms with E-state index >= 15 is 0 Å². The van der Waals surface area contributed by atoms with Crippen molar-refractivity contribution in [2.45, 2.75) is 6.42 Å². The first-order chi connectivity index (χ1) is 12.2. The Morgan fingerprint density at radius 3 is 2.27 bits per heavy atom. The summed E-state index contributed by atoms with van der Waals surface area (Å²) in [5, 5.41) is 6.54. The molecule has 1 aromatic carbocycles. The molecule has 0 atom stereocenters. The van der Waals surface area contributed by atoms with Crippen molar-refractivity contribution in [3.05, 3.63) is 24.3 Å². The third-order valence-corrected chi connectivity index (χ3v) is 3.63. The Balaban J connectivity index is 0.00000625. The van der Waals surface area contributed by atoms with Gasteiger partial charge in [0.05, 0.1) is 20.3 Å². The molecule has 0 radical (unpaired) electrons. The highest BCUT2D eigenvalue weighted by atomic mass is 127. The molecule has 0 saturated heterocycles. The minimum Gasteiger partial charge on any atom is -0.497 e. The van der Waals surface area contributed by atoms with Crippen LogP contribution in [0.2, 0.25) is 0 Å². The number of guanidine groups is 1. The number of aliphatic imine (C=N–C) groups is 1. The minimum absolute atomic E-state index is 0. The van der Waals surface area contributed by atoms with Crippen molar-refractivity contribution in [1.29, 1.82) is 0 Å². The molecule has 0 aromatic heterocycles. The van der Waals surface area contributed by atoms with Crippen LogP contribution in [0.3, 0.4) is 0 Å². The van der Waals surface area contributed by atoms with Gasteiger partial charge in [-0.05, 0) is 44.3 Å². The molecule has 0 heterocycles. The van der Waals surface area contributed by atoms with Crippen molar-refractivity contribution < 1.29 is 14.2 Å². The largest absolute Gasteiger partial charge is 0.497 e. The van der Waals surface area contributed by atoms with Crippen LogP contribution in [0, 0.1) is 0 Å². The van der Waals surface area contributed by atoms with Crippen LogP contribution in [0.1, 0.15) is 6.42 Å². The number of ether oxygens (including phenoxy) is 3. The Bertz CT molecular complexity index is 486. The summed E-state index contributed by atoms with van der Waals surface area (Å²) in [5.41, 5.74) is 0. The molecular weight excluding hydrogens is 447 g/mol. The quantitative estimate of drug-likeness (QED) is 0.206. The van der Waals surface area contributed by atoms with Gasteiger partial charge in [0.15, 0.2) is 5.96 Å². The van der Waals surface area contributed by atoms with Crippen molar-refractivity contribution in [2.24, 2.45) is 4.99 Å². The Morgan fingerprint density at radius 2 is 1.65 bits per heavy atom. The number of benzene rings is 1. The van der Waals surface area contributed by atoms with Crippen LogP contribution < -0.4 is 20.1 Å². The summed E-state index contributed by atoms with van der Waals surface area (Å²) in [6.45, 7) is 4.85. The average Bonchev–Trinajstić information content (AvgIpc) is 2.65. The first kappa shape index (κ1) is 24.7. The first-order valence-corrected chi connectivity index (χ1v) is 8.58. The summed E-state index contributed by atoms with van der Waals surface area (Å²) in [6, 6.07) is 7.55. The van der Waals surface area contributed by atoms with E-state index in [1.807, 2.05) is 24.3 Å². The monoisotopic (exact) mass is 480 g/mol. The molecule has 1 aromatic rings. The number of nitrogens with one attached hydrogen (secondary N) is 2. The Labute approximate surface area is 174 Å². The van der Waals surface area contributed by atoms with Crippen LogP contribution in [0.15, 0.2) is 29.3 Å². The zero-order valence-corrected chi connectivity index (χ0v) is 18.6. The molecule has 0 unspecified atom stereocenters. The van der Waals surface area contributed by atoms with Crippen LogP contribution in [0.5, 0.6) is 11.5 Å². The van der Waals surface area contributed by atoms with E-state index < -0.39 is 0 Å². The molecule has 0 amide bonds. The number of halogens is 1. The van der Waals surface area contributed by atoms with Crippen molar-refractivity contribution >= 4 is 29.9 Å². The van der Waals surface area contributed by atoms with Crippen molar-refractivity contribution in [3.8, 4) is 11.5 Å². The van der Waals surface area contributed by atoms with E-state index in [2.05, 4.69) is 27.6 Å². The summed E-state index contributed by atoms with van der Waals surface area (Å²) in [5.74, 6) is 2.44. The predicted molar refractivity (Wildman–Crippen MR) is 117 cm³/mol. The standard InChI is InChI=1S/C18H32N4O3.HI/c1-19-18(20-10-5-12-22(2)13-15-23-3)21-11-14-25-17-8-6-16(24-4)7-9-17;/h6-9H,5,10-15H2,1-4H3,(H2,19,20,21);1H. The van der Waals surface area contributed by atoms with E-state index in [1.165, 1.54) is 0 Å². The Morgan fingerprint density at radius 1 is 1.00 bits per heavy atom. The lowest BCUT2D eigenvalue weighted by Crippen LogP contribution is -2.40. The average molecular weight is 480 g/mol. The van der Waals surface area contributed by atoms with Gasteiger partial charge in [0, 0.05) is 27.2 Å². The normalized spacial score (nSPS) is 11.0. The van der Waals surface area contributed by atoms with Crippen LogP contribution in [-0.2, 0) is 4.74 Å². The van der Waals surface area contributed by atoms with Crippen LogP contribution in [0.25, 0.3) is 0 Å². The van der Waals surface area contributed by atoms with Crippen LogP contribution >= 0.6 is 24.0 Å². The molecule has 0 fully saturated rings. The molecule has 7 nitrogen and oxygen atoms in total. The third kappa shape index (κ3) is 11.4. The molecule has 0 aliphatic rings. The van der Waals surface area contributed by atoms with Crippen molar-refractivity contribution in [1.82, 2.24) is 15.5 Å². The van der Waals surface area contributed by atoms with E-state index in [4.69, 9.17) is 14.2 Å². The number of nitrogens with zero attached hydrogens (tertiary/aromatic N) is 2. The van der Waals surface area contributed by atoms with E-state index in [1.54, 1.807) is 21.3 Å². The van der Waals surface area contributed by atoms with E-state index in [0.29, 0.717) is 13.2 Å². The molecule has 150 valence electrons.